The fourth-order valence-electron chi connectivity index (χ4n) is 1.24. The highest BCUT2D eigenvalue weighted by molar-refractivity contribution is 6.32. The molecule has 0 saturated heterocycles. The average molecular weight is 210 g/mol. The molecule has 14 heavy (non-hydrogen) atoms. The molecule has 4 nitrogen and oxygen atoms in total. The van der Waals surface area contributed by atoms with Crippen molar-refractivity contribution in [2.24, 2.45) is 0 Å². The average Bonchev–Trinajstić information content (AvgIpc) is 2.57. The molecular weight excluding hydrogens is 202 g/mol. The molecule has 2 aromatic rings. The molecule has 1 aromatic carbocycles. The van der Waals surface area contributed by atoms with E-state index >= 15 is 0 Å². The summed E-state index contributed by atoms with van der Waals surface area (Å²) >= 11 is 5.76. The van der Waals surface area contributed by atoms with Crippen molar-refractivity contribution in [1.82, 2.24) is 10.2 Å². The molecular formula is C9H8ClN3O. The van der Waals surface area contributed by atoms with Gasteiger partial charge >= 0.3 is 0 Å². The van der Waals surface area contributed by atoms with Crippen LogP contribution in [0.3, 0.4) is 0 Å². The number of halogens is 1. The van der Waals surface area contributed by atoms with Gasteiger partial charge in [0.15, 0.2) is 0 Å². The summed E-state index contributed by atoms with van der Waals surface area (Å²) in [7, 11) is 0. The van der Waals surface area contributed by atoms with E-state index in [1.165, 1.54) is 0 Å². The second-order valence-corrected chi connectivity index (χ2v) is 3.24. The molecule has 5 heteroatoms. The summed E-state index contributed by atoms with van der Waals surface area (Å²) in [5, 5.41) is 16.3. The molecule has 4 N–H and O–H groups in total. The third-order valence-electron chi connectivity index (χ3n) is 1.95. The van der Waals surface area contributed by atoms with E-state index in [4.69, 9.17) is 17.3 Å². The molecule has 0 fully saturated rings. The van der Waals surface area contributed by atoms with Gasteiger partial charge in [0.25, 0.3) is 0 Å². The van der Waals surface area contributed by atoms with Crippen LogP contribution in [0.1, 0.15) is 0 Å². The number of phenolic OH excluding ortho intramolecular Hbond substituents is 1. The number of hydrogen-bond donors (Lipinski definition) is 3. The number of nitrogens with one attached hydrogen (secondary N) is 1. The van der Waals surface area contributed by atoms with Crippen LogP contribution in [-0.4, -0.2) is 15.3 Å². The second-order valence-electron chi connectivity index (χ2n) is 2.83. The molecule has 1 heterocycles. The van der Waals surface area contributed by atoms with Crippen LogP contribution in [0.5, 0.6) is 5.75 Å². The molecule has 2 rings (SSSR count). The molecule has 0 bridgehead atoms. The number of H-pyrrole nitrogens is 1. The highest BCUT2D eigenvalue weighted by atomic mass is 35.5. The van der Waals surface area contributed by atoms with Crippen molar-refractivity contribution in [3.05, 3.63) is 29.4 Å². The Labute approximate surface area is 85.3 Å². The molecule has 0 aliphatic heterocycles. The van der Waals surface area contributed by atoms with E-state index in [0.717, 1.165) is 0 Å². The first-order valence-electron chi connectivity index (χ1n) is 3.97. The molecule has 0 aliphatic rings. The van der Waals surface area contributed by atoms with Crippen molar-refractivity contribution < 1.29 is 5.11 Å². The third-order valence-corrected chi connectivity index (χ3v) is 2.25. The minimum Gasteiger partial charge on any atom is -0.506 e. The Morgan fingerprint density at radius 1 is 1.36 bits per heavy atom. The van der Waals surface area contributed by atoms with Crippen LogP contribution in [0.4, 0.5) is 5.82 Å². The van der Waals surface area contributed by atoms with Gasteiger partial charge in [0, 0.05) is 11.1 Å². The van der Waals surface area contributed by atoms with Gasteiger partial charge in [-0.2, -0.15) is 5.10 Å². The molecule has 0 atom stereocenters. The number of hydrogen-bond acceptors (Lipinski definition) is 3. The number of benzene rings is 1. The van der Waals surface area contributed by atoms with Crippen LogP contribution < -0.4 is 5.73 Å². The van der Waals surface area contributed by atoms with E-state index in [1.54, 1.807) is 24.4 Å². The monoisotopic (exact) mass is 209 g/mol. The van der Waals surface area contributed by atoms with Gasteiger partial charge in [0.2, 0.25) is 0 Å². The number of para-hydroxylation sites is 1. The molecule has 0 unspecified atom stereocenters. The molecule has 1 aromatic heterocycles. The molecule has 0 radical (unpaired) electrons. The van der Waals surface area contributed by atoms with Gasteiger partial charge in [-0.25, -0.2) is 0 Å². The Hall–Kier alpha value is -1.68. The van der Waals surface area contributed by atoms with Crippen molar-refractivity contribution in [3.8, 4) is 16.9 Å². The third kappa shape index (κ3) is 1.29. The van der Waals surface area contributed by atoms with Crippen LogP contribution >= 0.6 is 11.6 Å². The van der Waals surface area contributed by atoms with E-state index in [-0.39, 0.29) is 5.75 Å². The van der Waals surface area contributed by atoms with Gasteiger partial charge in [-0.1, -0.05) is 23.7 Å². The van der Waals surface area contributed by atoms with Crippen molar-refractivity contribution in [1.29, 1.82) is 0 Å². The zero-order valence-corrected chi connectivity index (χ0v) is 7.92. The molecule has 0 saturated carbocycles. The van der Waals surface area contributed by atoms with Gasteiger partial charge in [0.05, 0.1) is 11.2 Å². The summed E-state index contributed by atoms with van der Waals surface area (Å²) < 4.78 is 0. The normalized spacial score (nSPS) is 10.4. The summed E-state index contributed by atoms with van der Waals surface area (Å²) in [6.07, 6.45) is 1.54. The van der Waals surface area contributed by atoms with E-state index < -0.39 is 0 Å². The van der Waals surface area contributed by atoms with Crippen LogP contribution in [-0.2, 0) is 0 Å². The maximum atomic E-state index is 9.66. The van der Waals surface area contributed by atoms with Gasteiger partial charge in [-0.05, 0) is 6.07 Å². The topological polar surface area (TPSA) is 74.9 Å². The summed E-state index contributed by atoms with van der Waals surface area (Å²) in [6.45, 7) is 0. The number of aromatic hydroxyl groups is 1. The standard InChI is InChI=1S/C9H8ClN3O/c10-7-3-1-2-5(8(7)14)6-4-12-13-9(6)11/h1-4,14H,(H3,11,12,13). The number of rotatable bonds is 1. The number of nitrogens with zero attached hydrogens (tertiary/aromatic N) is 1. The lowest BCUT2D eigenvalue weighted by Crippen LogP contribution is -1.88. The smallest absolute Gasteiger partial charge is 0.142 e. The lowest BCUT2D eigenvalue weighted by molar-refractivity contribution is 0.477. The number of anilines is 1. The summed E-state index contributed by atoms with van der Waals surface area (Å²) in [6, 6.07) is 5.07. The zero-order chi connectivity index (χ0) is 10.1. The van der Waals surface area contributed by atoms with Gasteiger partial charge in [0.1, 0.15) is 11.6 Å². The number of phenols is 1. The van der Waals surface area contributed by atoms with E-state index in [9.17, 15) is 5.11 Å². The Morgan fingerprint density at radius 2 is 2.14 bits per heavy atom. The van der Waals surface area contributed by atoms with Crippen LogP contribution in [0.2, 0.25) is 5.02 Å². The maximum Gasteiger partial charge on any atom is 0.142 e. The SMILES string of the molecule is Nc1[nH]ncc1-c1cccc(Cl)c1O. The van der Waals surface area contributed by atoms with E-state index in [2.05, 4.69) is 10.2 Å². The van der Waals surface area contributed by atoms with Crippen LogP contribution in [0.15, 0.2) is 24.4 Å². The summed E-state index contributed by atoms with van der Waals surface area (Å²) in [4.78, 5) is 0. The van der Waals surface area contributed by atoms with E-state index in [1.807, 2.05) is 0 Å². The van der Waals surface area contributed by atoms with Crippen molar-refractivity contribution in [2.75, 3.05) is 5.73 Å². The highest BCUT2D eigenvalue weighted by Crippen LogP contribution is 2.36. The van der Waals surface area contributed by atoms with Crippen LogP contribution in [0, 0.1) is 0 Å². The first-order chi connectivity index (χ1) is 6.70. The molecule has 0 aliphatic carbocycles. The van der Waals surface area contributed by atoms with Crippen molar-refractivity contribution in [3.63, 3.8) is 0 Å². The maximum absolute atomic E-state index is 9.66. The fourth-order valence-corrected chi connectivity index (χ4v) is 1.42. The van der Waals surface area contributed by atoms with Crippen molar-refractivity contribution in [2.45, 2.75) is 0 Å². The Kier molecular flexibility index (Phi) is 2.05. The predicted octanol–water partition coefficient (Wildman–Crippen LogP) is 2.02. The van der Waals surface area contributed by atoms with Crippen molar-refractivity contribution >= 4 is 17.4 Å². The molecule has 0 spiro atoms. The summed E-state index contributed by atoms with van der Waals surface area (Å²) in [5.41, 5.74) is 6.84. The Balaban J connectivity index is 2.63. The van der Waals surface area contributed by atoms with E-state index in [0.29, 0.717) is 22.0 Å². The van der Waals surface area contributed by atoms with Gasteiger partial charge < -0.3 is 10.8 Å². The lowest BCUT2D eigenvalue weighted by atomic mass is 10.1. The predicted molar refractivity (Wildman–Crippen MR) is 55.1 cm³/mol. The number of aromatic amines is 1. The zero-order valence-electron chi connectivity index (χ0n) is 7.16. The molecule has 0 amide bonds. The minimum atomic E-state index is 0.0160. The summed E-state index contributed by atoms with van der Waals surface area (Å²) in [5.74, 6) is 0.421. The number of nitrogens with two attached hydrogens (primary N) is 1. The largest absolute Gasteiger partial charge is 0.506 e. The highest BCUT2D eigenvalue weighted by Gasteiger charge is 2.11. The Morgan fingerprint density at radius 3 is 2.79 bits per heavy atom. The minimum absolute atomic E-state index is 0.0160. The number of aromatic nitrogens is 2. The fraction of sp³-hybridized carbons (Fsp3) is 0. The quantitative estimate of drug-likeness (QED) is 0.673. The first kappa shape index (κ1) is 8.90. The second kappa shape index (κ2) is 3.23. The lowest BCUT2D eigenvalue weighted by Gasteiger charge is -2.03. The Bertz CT molecular complexity index is 467. The molecule has 72 valence electrons. The van der Waals surface area contributed by atoms with Gasteiger partial charge in [-0.3, -0.25) is 5.10 Å². The first-order valence-corrected chi connectivity index (χ1v) is 4.34. The van der Waals surface area contributed by atoms with Crippen LogP contribution in [0.25, 0.3) is 11.1 Å². The van der Waals surface area contributed by atoms with Gasteiger partial charge in [-0.15, -0.1) is 0 Å². The number of nitrogen functional groups attached to an aromatic ring is 1.